The van der Waals surface area contributed by atoms with Crippen LogP contribution >= 0.6 is 23.4 Å². The molecule has 2 nitrogen and oxygen atoms in total. The van der Waals surface area contributed by atoms with Crippen LogP contribution in [0.5, 0.6) is 5.75 Å². The summed E-state index contributed by atoms with van der Waals surface area (Å²) in [7, 11) is 0. The van der Waals surface area contributed by atoms with Crippen LogP contribution in [-0.4, -0.2) is 11.2 Å². The van der Waals surface area contributed by atoms with Crippen molar-refractivity contribution in [3.05, 3.63) is 52.8 Å². The van der Waals surface area contributed by atoms with Gasteiger partial charge in [0.05, 0.1) is 6.20 Å². The lowest BCUT2D eigenvalue weighted by Crippen LogP contribution is -1.98. The van der Waals surface area contributed by atoms with Crippen molar-refractivity contribution in [1.29, 1.82) is 0 Å². The maximum Gasteiger partial charge on any atom is 0.171 e. The van der Waals surface area contributed by atoms with Gasteiger partial charge in [-0.2, -0.15) is 0 Å². The monoisotopic (exact) mass is 301 g/mol. The van der Waals surface area contributed by atoms with Gasteiger partial charge >= 0.3 is 0 Å². The molecule has 1 aromatic carbocycles. The summed E-state index contributed by atoms with van der Waals surface area (Å²) in [6.45, 7) is 0.0934. The van der Waals surface area contributed by atoms with Gasteiger partial charge in [-0.15, -0.1) is 11.8 Å². The quantitative estimate of drug-likeness (QED) is 0.620. The predicted molar refractivity (Wildman–Crippen MR) is 71.7 cm³/mol. The van der Waals surface area contributed by atoms with Crippen LogP contribution in [0.1, 0.15) is 5.56 Å². The molecule has 0 saturated heterocycles. The summed E-state index contributed by atoms with van der Waals surface area (Å²) >= 11 is 7.20. The number of rotatable bonds is 4. The van der Waals surface area contributed by atoms with Crippen molar-refractivity contribution in [2.24, 2.45) is 0 Å². The highest BCUT2D eigenvalue weighted by Gasteiger charge is 2.06. The first-order valence-corrected chi connectivity index (χ1v) is 6.96. The zero-order valence-corrected chi connectivity index (χ0v) is 11.6. The van der Waals surface area contributed by atoms with E-state index < -0.39 is 5.82 Å². The molecular formula is C13H10ClF2NOS. The Kier molecular flexibility index (Phi) is 4.61. The Labute approximate surface area is 118 Å². The van der Waals surface area contributed by atoms with Crippen molar-refractivity contribution in [3.8, 4) is 5.75 Å². The molecule has 0 spiro atoms. The Morgan fingerprint density at radius 3 is 2.74 bits per heavy atom. The lowest BCUT2D eigenvalue weighted by Gasteiger charge is -2.08. The van der Waals surface area contributed by atoms with Crippen molar-refractivity contribution < 1.29 is 13.5 Å². The number of nitrogens with zero attached hydrogens (tertiary/aromatic N) is 1. The minimum absolute atomic E-state index is 0.0721. The van der Waals surface area contributed by atoms with E-state index >= 15 is 0 Å². The van der Waals surface area contributed by atoms with Crippen molar-refractivity contribution in [1.82, 2.24) is 4.98 Å². The zero-order chi connectivity index (χ0) is 13.8. The van der Waals surface area contributed by atoms with Gasteiger partial charge in [0.2, 0.25) is 0 Å². The Morgan fingerprint density at radius 2 is 2.00 bits per heavy atom. The molecule has 19 heavy (non-hydrogen) atoms. The number of hydrogen-bond donors (Lipinski definition) is 0. The molecule has 100 valence electrons. The first kappa shape index (κ1) is 14.1. The molecule has 0 radical (unpaired) electrons. The highest BCUT2D eigenvalue weighted by molar-refractivity contribution is 7.98. The molecule has 0 unspecified atom stereocenters. The minimum Gasteiger partial charge on any atom is -0.486 e. The number of pyridine rings is 1. The lowest BCUT2D eigenvalue weighted by molar-refractivity contribution is 0.302. The number of benzene rings is 1. The molecular weight excluding hydrogens is 292 g/mol. The average molecular weight is 302 g/mol. The lowest BCUT2D eigenvalue weighted by atomic mass is 10.2. The Morgan fingerprint density at radius 1 is 1.21 bits per heavy atom. The maximum absolute atomic E-state index is 13.3. The van der Waals surface area contributed by atoms with E-state index in [1.165, 1.54) is 23.9 Å². The molecule has 0 fully saturated rings. The smallest absolute Gasteiger partial charge is 0.171 e. The van der Waals surface area contributed by atoms with E-state index in [1.807, 2.05) is 6.26 Å². The van der Waals surface area contributed by atoms with Gasteiger partial charge in [0.1, 0.15) is 18.2 Å². The van der Waals surface area contributed by atoms with Gasteiger partial charge in [-0.05, 0) is 30.0 Å². The largest absolute Gasteiger partial charge is 0.486 e. The predicted octanol–water partition coefficient (Wildman–Crippen LogP) is 4.31. The van der Waals surface area contributed by atoms with Crippen molar-refractivity contribution >= 4 is 23.4 Å². The molecule has 1 aromatic heterocycles. The molecule has 2 aromatic rings. The highest BCUT2D eigenvalue weighted by atomic mass is 35.5. The van der Waals surface area contributed by atoms with Gasteiger partial charge in [-0.1, -0.05) is 11.6 Å². The molecule has 0 atom stereocenters. The van der Waals surface area contributed by atoms with Gasteiger partial charge < -0.3 is 4.74 Å². The van der Waals surface area contributed by atoms with E-state index in [1.54, 1.807) is 6.07 Å². The van der Waals surface area contributed by atoms with Crippen LogP contribution in [0, 0.1) is 11.6 Å². The van der Waals surface area contributed by atoms with Gasteiger partial charge in [0.15, 0.2) is 10.9 Å². The molecule has 1 heterocycles. The topological polar surface area (TPSA) is 22.1 Å². The van der Waals surface area contributed by atoms with Gasteiger partial charge in [-0.25, -0.2) is 13.8 Å². The standard InChI is InChI=1S/C13H10ClF2NOS/c1-19-11-3-8(2-9(15)4-11)7-18-12-5-10(16)6-17-13(12)14/h2-6H,7H2,1H3. The van der Waals surface area contributed by atoms with Gasteiger partial charge in [0, 0.05) is 11.0 Å². The van der Waals surface area contributed by atoms with Crippen molar-refractivity contribution in [3.63, 3.8) is 0 Å². The number of halogens is 3. The number of thioether (sulfide) groups is 1. The molecule has 0 aliphatic rings. The fourth-order valence-corrected chi connectivity index (χ4v) is 2.15. The molecule has 0 aliphatic heterocycles. The number of hydrogen-bond acceptors (Lipinski definition) is 3. The van der Waals surface area contributed by atoms with Crippen LogP contribution in [0.15, 0.2) is 35.4 Å². The summed E-state index contributed by atoms with van der Waals surface area (Å²) in [5.74, 6) is -0.742. The van der Waals surface area contributed by atoms with Crippen LogP contribution in [0.25, 0.3) is 0 Å². The second kappa shape index (κ2) is 6.21. The number of ether oxygens (including phenoxy) is 1. The Hall–Kier alpha value is -1.33. The van der Waals surface area contributed by atoms with Gasteiger partial charge in [0.25, 0.3) is 0 Å². The van der Waals surface area contributed by atoms with E-state index in [0.717, 1.165) is 17.2 Å². The van der Waals surface area contributed by atoms with Crippen LogP contribution in [0.4, 0.5) is 8.78 Å². The third-order valence-corrected chi connectivity index (χ3v) is 3.33. The van der Waals surface area contributed by atoms with Gasteiger partial charge in [-0.3, -0.25) is 0 Å². The summed E-state index contributed by atoms with van der Waals surface area (Å²) in [5.41, 5.74) is 0.643. The second-order valence-corrected chi connectivity index (χ2v) is 4.97. The first-order chi connectivity index (χ1) is 9.08. The van der Waals surface area contributed by atoms with Crippen LogP contribution < -0.4 is 4.74 Å². The number of aromatic nitrogens is 1. The molecule has 6 heteroatoms. The molecule has 2 rings (SSSR count). The molecule has 0 amide bonds. The SMILES string of the molecule is CSc1cc(F)cc(COc2cc(F)cnc2Cl)c1. The third-order valence-electron chi connectivity index (χ3n) is 2.33. The fraction of sp³-hybridized carbons (Fsp3) is 0.154. The summed E-state index contributed by atoms with van der Waals surface area (Å²) in [6, 6.07) is 5.74. The molecule has 0 bridgehead atoms. The van der Waals surface area contributed by atoms with E-state index in [-0.39, 0.29) is 23.3 Å². The first-order valence-electron chi connectivity index (χ1n) is 5.36. The third kappa shape index (κ3) is 3.81. The summed E-state index contributed by atoms with van der Waals surface area (Å²) < 4.78 is 31.7. The average Bonchev–Trinajstić information content (AvgIpc) is 2.39. The minimum atomic E-state index is -0.538. The molecule has 0 aliphatic carbocycles. The van der Waals surface area contributed by atoms with E-state index in [9.17, 15) is 8.78 Å². The Bertz CT molecular complexity index is 595. The highest BCUT2D eigenvalue weighted by Crippen LogP contribution is 2.24. The van der Waals surface area contributed by atoms with Crippen LogP contribution in [0.3, 0.4) is 0 Å². The molecule has 0 saturated carbocycles. The van der Waals surface area contributed by atoms with E-state index in [4.69, 9.17) is 16.3 Å². The fourth-order valence-electron chi connectivity index (χ4n) is 1.49. The summed E-state index contributed by atoms with van der Waals surface area (Å²) in [4.78, 5) is 4.42. The summed E-state index contributed by atoms with van der Waals surface area (Å²) in [6.07, 6.45) is 2.86. The zero-order valence-electron chi connectivity index (χ0n) is 9.99. The normalized spacial score (nSPS) is 10.5. The van der Waals surface area contributed by atoms with E-state index in [2.05, 4.69) is 4.98 Å². The molecule has 0 N–H and O–H groups in total. The van der Waals surface area contributed by atoms with Crippen molar-refractivity contribution in [2.45, 2.75) is 11.5 Å². The Balaban J connectivity index is 2.14. The maximum atomic E-state index is 13.3. The van der Waals surface area contributed by atoms with Crippen LogP contribution in [-0.2, 0) is 6.61 Å². The second-order valence-electron chi connectivity index (χ2n) is 3.73. The van der Waals surface area contributed by atoms with Crippen LogP contribution in [0.2, 0.25) is 5.15 Å². The summed E-state index contributed by atoms with van der Waals surface area (Å²) in [5, 5.41) is 0.0721. The van der Waals surface area contributed by atoms with E-state index in [0.29, 0.717) is 5.56 Å². The van der Waals surface area contributed by atoms with Crippen molar-refractivity contribution in [2.75, 3.05) is 6.26 Å².